The van der Waals surface area contributed by atoms with Gasteiger partial charge < -0.3 is 10.2 Å². The van der Waals surface area contributed by atoms with Crippen LogP contribution in [0.3, 0.4) is 0 Å². The maximum Gasteiger partial charge on any atom is 0.336 e. The predicted octanol–water partition coefficient (Wildman–Crippen LogP) is -0.217. The van der Waals surface area contributed by atoms with E-state index in [0.29, 0.717) is 0 Å². The predicted molar refractivity (Wildman–Crippen MR) is 40.2 cm³/mol. The third kappa shape index (κ3) is 1.69. The van der Waals surface area contributed by atoms with E-state index >= 15 is 0 Å². The summed E-state index contributed by atoms with van der Waals surface area (Å²) in [5.41, 5.74) is -0.0614. The van der Waals surface area contributed by atoms with Crippen LogP contribution in [0.25, 0.3) is 0 Å². The summed E-state index contributed by atoms with van der Waals surface area (Å²) in [5, 5.41) is 17.0. The van der Waals surface area contributed by atoms with Crippen molar-refractivity contribution in [2.75, 3.05) is 6.54 Å². The van der Waals surface area contributed by atoms with Gasteiger partial charge in [-0.05, 0) is 0 Å². The fourth-order valence-electron chi connectivity index (χ4n) is 0.853. The average molecular weight is 169 g/mol. The highest BCUT2D eigenvalue weighted by Crippen LogP contribution is 2.09. The van der Waals surface area contributed by atoms with Crippen LogP contribution in [-0.4, -0.2) is 34.9 Å². The largest absolute Gasteiger partial charge is 0.481 e. The first-order valence-electron chi connectivity index (χ1n) is 3.29. The van der Waals surface area contributed by atoms with E-state index in [9.17, 15) is 9.59 Å². The Labute approximate surface area is 68.0 Å². The van der Waals surface area contributed by atoms with Gasteiger partial charge in [-0.3, -0.25) is 9.79 Å². The second-order valence-corrected chi connectivity index (χ2v) is 2.37. The molecule has 0 aromatic carbocycles. The van der Waals surface area contributed by atoms with Crippen LogP contribution in [-0.2, 0) is 9.59 Å². The van der Waals surface area contributed by atoms with Crippen molar-refractivity contribution in [3.63, 3.8) is 0 Å². The van der Waals surface area contributed by atoms with Crippen LogP contribution in [0.1, 0.15) is 0 Å². The molecule has 0 bridgehead atoms. The smallest absolute Gasteiger partial charge is 0.336 e. The standard InChI is InChI=1S/C7H7NO4/c9-6(10)4-1-5(7(11)12)3-8-2-4/h1-2,5H,3H2,(H,9,10)(H,11,12)/t5-/m1/s1. The lowest BCUT2D eigenvalue weighted by molar-refractivity contribution is -0.139. The van der Waals surface area contributed by atoms with Crippen molar-refractivity contribution in [2.24, 2.45) is 10.9 Å². The molecule has 1 heterocycles. The van der Waals surface area contributed by atoms with Gasteiger partial charge in [0.15, 0.2) is 0 Å². The molecule has 0 radical (unpaired) electrons. The lowest BCUT2D eigenvalue weighted by Gasteiger charge is -2.08. The van der Waals surface area contributed by atoms with Crippen molar-refractivity contribution in [1.82, 2.24) is 0 Å². The van der Waals surface area contributed by atoms with Gasteiger partial charge in [-0.1, -0.05) is 6.08 Å². The summed E-state index contributed by atoms with van der Waals surface area (Å²) in [6, 6.07) is 0. The van der Waals surface area contributed by atoms with E-state index in [1.807, 2.05) is 0 Å². The van der Waals surface area contributed by atoms with E-state index in [2.05, 4.69) is 4.99 Å². The quantitative estimate of drug-likeness (QED) is 0.598. The van der Waals surface area contributed by atoms with Gasteiger partial charge in [-0.25, -0.2) is 4.79 Å². The van der Waals surface area contributed by atoms with Crippen LogP contribution in [0.2, 0.25) is 0 Å². The molecule has 0 aliphatic carbocycles. The minimum absolute atomic E-state index is 0.0614. The number of dihydropyridines is 1. The van der Waals surface area contributed by atoms with Gasteiger partial charge in [0.25, 0.3) is 0 Å². The summed E-state index contributed by atoms with van der Waals surface area (Å²) in [4.78, 5) is 24.4. The van der Waals surface area contributed by atoms with E-state index in [1.165, 1.54) is 12.3 Å². The zero-order valence-corrected chi connectivity index (χ0v) is 6.10. The van der Waals surface area contributed by atoms with Crippen molar-refractivity contribution < 1.29 is 19.8 Å². The zero-order valence-electron chi connectivity index (χ0n) is 6.10. The molecule has 1 atom stereocenters. The van der Waals surface area contributed by atoms with Crippen LogP contribution in [0.15, 0.2) is 16.6 Å². The topological polar surface area (TPSA) is 87.0 Å². The third-order valence-electron chi connectivity index (χ3n) is 1.48. The Morgan fingerprint density at radius 1 is 1.50 bits per heavy atom. The van der Waals surface area contributed by atoms with Gasteiger partial charge >= 0.3 is 11.9 Å². The Hall–Kier alpha value is -1.65. The van der Waals surface area contributed by atoms with Gasteiger partial charge in [0.05, 0.1) is 18.0 Å². The highest BCUT2D eigenvalue weighted by atomic mass is 16.4. The molecule has 1 aliphatic rings. The van der Waals surface area contributed by atoms with Crippen molar-refractivity contribution in [3.8, 4) is 0 Å². The first kappa shape index (κ1) is 8.45. The number of hydrogen-bond donors (Lipinski definition) is 2. The molecular weight excluding hydrogens is 162 g/mol. The third-order valence-corrected chi connectivity index (χ3v) is 1.48. The molecule has 5 nitrogen and oxygen atoms in total. The number of carboxylic acid groups (broad SMARTS) is 2. The summed E-state index contributed by atoms with van der Waals surface area (Å²) >= 11 is 0. The van der Waals surface area contributed by atoms with Crippen LogP contribution >= 0.6 is 0 Å². The molecule has 0 fully saturated rings. The molecule has 0 spiro atoms. The van der Waals surface area contributed by atoms with Crippen LogP contribution in [0, 0.1) is 5.92 Å². The molecule has 0 unspecified atom stereocenters. The van der Waals surface area contributed by atoms with Gasteiger partial charge in [0.1, 0.15) is 0 Å². The van der Waals surface area contributed by atoms with Gasteiger partial charge in [-0.15, -0.1) is 0 Å². The number of aliphatic imine (C=N–C) groups is 1. The van der Waals surface area contributed by atoms with E-state index in [0.717, 1.165) is 0 Å². The highest BCUT2D eigenvalue weighted by Gasteiger charge is 2.19. The lowest BCUT2D eigenvalue weighted by atomic mass is 10.0. The fourth-order valence-corrected chi connectivity index (χ4v) is 0.853. The first-order valence-corrected chi connectivity index (χ1v) is 3.29. The average Bonchev–Trinajstić information content (AvgIpc) is 2.04. The Bertz CT molecular complexity index is 279. The normalized spacial score (nSPS) is 21.7. The van der Waals surface area contributed by atoms with E-state index in [1.54, 1.807) is 0 Å². The molecule has 0 saturated heterocycles. The number of rotatable bonds is 2. The van der Waals surface area contributed by atoms with Crippen LogP contribution in [0.5, 0.6) is 0 Å². The highest BCUT2D eigenvalue weighted by molar-refractivity contribution is 6.09. The summed E-state index contributed by atoms with van der Waals surface area (Å²) in [5.74, 6) is -3.00. The second kappa shape index (κ2) is 3.17. The lowest BCUT2D eigenvalue weighted by Crippen LogP contribution is -2.20. The number of nitrogens with zero attached hydrogens (tertiary/aromatic N) is 1. The van der Waals surface area contributed by atoms with Crippen LogP contribution < -0.4 is 0 Å². The summed E-state index contributed by atoms with van der Waals surface area (Å²) in [7, 11) is 0. The summed E-state index contributed by atoms with van der Waals surface area (Å²) in [6.07, 6.45) is 2.36. The molecule has 12 heavy (non-hydrogen) atoms. The minimum Gasteiger partial charge on any atom is -0.481 e. The van der Waals surface area contributed by atoms with Crippen molar-refractivity contribution in [2.45, 2.75) is 0 Å². The summed E-state index contributed by atoms with van der Waals surface area (Å²) in [6.45, 7) is 0.117. The van der Waals surface area contributed by atoms with E-state index < -0.39 is 17.9 Å². The van der Waals surface area contributed by atoms with E-state index in [4.69, 9.17) is 10.2 Å². The fraction of sp³-hybridized carbons (Fsp3) is 0.286. The molecule has 0 aromatic rings. The SMILES string of the molecule is O=C(O)C1=C[C@@H](C(=O)O)CN=C1. The maximum atomic E-state index is 10.4. The number of carbonyl (C=O) groups is 2. The zero-order chi connectivity index (χ0) is 9.14. The molecule has 0 aromatic heterocycles. The number of carboxylic acids is 2. The van der Waals surface area contributed by atoms with E-state index in [-0.39, 0.29) is 12.1 Å². The molecule has 1 aliphatic heterocycles. The molecular formula is C7H7NO4. The Kier molecular flexibility index (Phi) is 2.23. The van der Waals surface area contributed by atoms with Crippen LogP contribution in [0.4, 0.5) is 0 Å². The second-order valence-electron chi connectivity index (χ2n) is 2.37. The Morgan fingerprint density at radius 2 is 2.17 bits per heavy atom. The monoisotopic (exact) mass is 169 g/mol. The van der Waals surface area contributed by atoms with Gasteiger partial charge in [-0.2, -0.15) is 0 Å². The maximum absolute atomic E-state index is 10.4. The minimum atomic E-state index is -1.15. The Morgan fingerprint density at radius 3 is 2.67 bits per heavy atom. The molecule has 2 N–H and O–H groups in total. The number of hydrogen-bond acceptors (Lipinski definition) is 3. The molecule has 5 heteroatoms. The molecule has 0 saturated carbocycles. The van der Waals surface area contributed by atoms with Gasteiger partial charge in [0, 0.05) is 6.21 Å². The molecule has 64 valence electrons. The number of aliphatic carboxylic acids is 2. The van der Waals surface area contributed by atoms with Crippen molar-refractivity contribution >= 4 is 18.2 Å². The Balaban J connectivity index is 2.82. The molecule has 0 amide bonds. The van der Waals surface area contributed by atoms with Crippen molar-refractivity contribution in [1.29, 1.82) is 0 Å². The summed E-state index contributed by atoms with van der Waals surface area (Å²) < 4.78 is 0. The first-order chi connectivity index (χ1) is 5.61. The van der Waals surface area contributed by atoms with Crippen molar-refractivity contribution in [3.05, 3.63) is 11.6 Å². The van der Waals surface area contributed by atoms with Gasteiger partial charge in [0.2, 0.25) is 0 Å². The molecule has 1 rings (SSSR count).